The van der Waals surface area contributed by atoms with E-state index in [-0.39, 0.29) is 11.5 Å². The van der Waals surface area contributed by atoms with E-state index in [1.807, 2.05) is 60.7 Å². The summed E-state index contributed by atoms with van der Waals surface area (Å²) in [5, 5.41) is 21.4. The molecule has 0 N–H and O–H groups in total. The molecule has 0 bridgehead atoms. The smallest absolute Gasteiger partial charge is 0.253 e. The lowest BCUT2D eigenvalue weighted by molar-refractivity contribution is -0.495. The molecule has 0 aromatic heterocycles. The highest BCUT2D eigenvalue weighted by Gasteiger charge is 2.31. The van der Waals surface area contributed by atoms with Gasteiger partial charge in [0.25, 0.3) is 0 Å². The molecule has 0 aliphatic carbocycles. The summed E-state index contributed by atoms with van der Waals surface area (Å²) in [7, 11) is -1.11. The molecular formula is C15H14N2O4S. The zero-order valence-corrected chi connectivity index (χ0v) is 12.4. The quantitative estimate of drug-likeness (QED) is 0.491. The van der Waals surface area contributed by atoms with E-state index in [4.69, 9.17) is 0 Å². The van der Waals surface area contributed by atoms with E-state index in [0.717, 1.165) is 11.1 Å². The molecular weight excluding hydrogens is 304 g/mol. The molecule has 0 saturated heterocycles. The number of hydrogen-bond donors (Lipinski definition) is 0. The van der Waals surface area contributed by atoms with Crippen molar-refractivity contribution in [2.75, 3.05) is 0 Å². The average Bonchev–Trinajstić information content (AvgIpc) is 2.48. The molecule has 0 aliphatic rings. The molecule has 0 spiro atoms. The number of rotatable bonds is 4. The van der Waals surface area contributed by atoms with E-state index in [1.54, 1.807) is 0 Å². The van der Waals surface area contributed by atoms with Crippen molar-refractivity contribution < 1.29 is 9.85 Å². The van der Waals surface area contributed by atoms with Crippen LogP contribution in [0.25, 0.3) is 0 Å². The maximum atomic E-state index is 11.1. The lowest BCUT2D eigenvalue weighted by Gasteiger charge is -2.07. The van der Waals surface area contributed by atoms with Crippen LogP contribution >= 0.6 is 10.5 Å². The molecule has 0 radical (unpaired) electrons. The minimum absolute atomic E-state index is 0.285. The lowest BCUT2D eigenvalue weighted by atomic mass is 10.2. The second kappa shape index (κ2) is 7.46. The van der Waals surface area contributed by atoms with E-state index in [0.29, 0.717) is 0 Å². The van der Waals surface area contributed by atoms with Crippen molar-refractivity contribution in [3.63, 3.8) is 0 Å². The van der Waals surface area contributed by atoms with Crippen molar-refractivity contribution in [1.29, 1.82) is 0 Å². The van der Waals surface area contributed by atoms with Crippen molar-refractivity contribution in [1.82, 2.24) is 0 Å². The summed E-state index contributed by atoms with van der Waals surface area (Å²) in [6.45, 7) is 0. The van der Waals surface area contributed by atoms with Gasteiger partial charge in [0, 0.05) is 11.5 Å². The summed E-state index contributed by atoms with van der Waals surface area (Å²) in [5.74, 6) is 0.569. The largest absolute Gasteiger partial charge is 0.587 e. The van der Waals surface area contributed by atoms with Crippen LogP contribution in [0, 0.1) is 20.2 Å². The van der Waals surface area contributed by atoms with E-state index in [1.165, 1.54) is 0 Å². The van der Waals surface area contributed by atoms with Gasteiger partial charge in [-0.2, -0.15) is 0 Å². The Morgan fingerprint density at radius 2 is 1.14 bits per heavy atom. The summed E-state index contributed by atoms with van der Waals surface area (Å²) in [6.07, 6.45) is 0. The SMILES string of the molecule is O=[N+]([O-])C([N+](=O)[O-])=S(Cc1ccccc1)Cc1ccccc1. The molecule has 0 atom stereocenters. The maximum Gasteiger partial charge on any atom is 0.587 e. The fourth-order valence-electron chi connectivity index (χ4n) is 2.01. The normalized spacial score (nSPS) is 10.4. The standard InChI is InChI=1S/C15H14N2O4S/c18-16(19)15(17(20)21)22(11-13-7-3-1-4-8-13)12-14-9-5-2-6-10-14/h1-10H,11-12H2. The van der Waals surface area contributed by atoms with Gasteiger partial charge >= 0.3 is 5.11 Å². The number of nitro groups is 2. The highest BCUT2D eigenvalue weighted by molar-refractivity contribution is 8.14. The molecule has 2 aromatic carbocycles. The number of benzene rings is 2. The topological polar surface area (TPSA) is 86.3 Å². The predicted octanol–water partition coefficient (Wildman–Crippen LogP) is 3.30. The van der Waals surface area contributed by atoms with Crippen molar-refractivity contribution in [2.24, 2.45) is 0 Å². The molecule has 6 nitrogen and oxygen atoms in total. The van der Waals surface area contributed by atoms with Crippen LogP contribution in [0.15, 0.2) is 60.7 Å². The lowest BCUT2D eigenvalue weighted by Crippen LogP contribution is -2.22. The van der Waals surface area contributed by atoms with Crippen LogP contribution in [-0.4, -0.2) is 15.0 Å². The molecule has 0 amide bonds. The van der Waals surface area contributed by atoms with Gasteiger partial charge in [0.1, 0.15) is 9.85 Å². The monoisotopic (exact) mass is 318 g/mol. The second-order valence-electron chi connectivity index (χ2n) is 4.55. The first-order chi connectivity index (χ1) is 10.6. The Bertz CT molecular complexity index is 642. The Labute approximate surface area is 129 Å². The van der Waals surface area contributed by atoms with Gasteiger partial charge in [0.15, 0.2) is 0 Å². The summed E-state index contributed by atoms with van der Waals surface area (Å²) >= 11 is 0. The Kier molecular flexibility index (Phi) is 5.37. The molecule has 22 heavy (non-hydrogen) atoms. The van der Waals surface area contributed by atoms with Crippen LogP contribution in [0.5, 0.6) is 0 Å². The van der Waals surface area contributed by atoms with E-state index >= 15 is 0 Å². The molecule has 0 fully saturated rings. The van der Waals surface area contributed by atoms with Crippen molar-refractivity contribution in [3.05, 3.63) is 92.0 Å². The van der Waals surface area contributed by atoms with Gasteiger partial charge in [-0.15, -0.1) is 0 Å². The molecule has 2 aromatic rings. The Morgan fingerprint density at radius 1 is 0.773 bits per heavy atom. The first-order valence-electron chi connectivity index (χ1n) is 6.49. The van der Waals surface area contributed by atoms with Crippen LogP contribution in [-0.2, 0) is 11.5 Å². The zero-order valence-electron chi connectivity index (χ0n) is 11.6. The summed E-state index contributed by atoms with van der Waals surface area (Å²) < 4.78 is 0. The summed E-state index contributed by atoms with van der Waals surface area (Å²) in [4.78, 5) is 20.5. The number of nitrogens with zero attached hydrogens (tertiary/aromatic N) is 2. The molecule has 114 valence electrons. The van der Waals surface area contributed by atoms with E-state index in [2.05, 4.69) is 0 Å². The van der Waals surface area contributed by atoms with Crippen LogP contribution in [0.4, 0.5) is 0 Å². The Hall–Kier alpha value is -2.54. The van der Waals surface area contributed by atoms with Gasteiger partial charge in [0.2, 0.25) is 0 Å². The first-order valence-corrected chi connectivity index (χ1v) is 8.05. The van der Waals surface area contributed by atoms with Crippen LogP contribution < -0.4 is 0 Å². The molecule has 0 aliphatic heterocycles. The maximum absolute atomic E-state index is 11.1. The third-order valence-electron chi connectivity index (χ3n) is 2.94. The fraction of sp³-hybridized carbons (Fsp3) is 0.133. The molecule has 0 heterocycles. The van der Waals surface area contributed by atoms with Gasteiger partial charge < -0.3 is 0 Å². The minimum Gasteiger partial charge on any atom is -0.253 e. The zero-order chi connectivity index (χ0) is 15.9. The van der Waals surface area contributed by atoms with Crippen LogP contribution in [0.2, 0.25) is 0 Å². The van der Waals surface area contributed by atoms with Crippen LogP contribution in [0.3, 0.4) is 0 Å². The second-order valence-corrected chi connectivity index (χ2v) is 6.48. The first kappa shape index (κ1) is 15.8. The van der Waals surface area contributed by atoms with E-state index < -0.39 is 25.4 Å². The summed E-state index contributed by atoms with van der Waals surface area (Å²) in [6, 6.07) is 18.2. The van der Waals surface area contributed by atoms with Gasteiger partial charge in [-0.05, 0) is 21.6 Å². The van der Waals surface area contributed by atoms with Crippen LogP contribution in [0.1, 0.15) is 11.1 Å². The molecule has 0 unspecified atom stereocenters. The average molecular weight is 318 g/mol. The highest BCUT2D eigenvalue weighted by Crippen LogP contribution is 2.27. The molecule has 0 saturated carbocycles. The highest BCUT2D eigenvalue weighted by atomic mass is 32.2. The van der Waals surface area contributed by atoms with E-state index in [9.17, 15) is 20.2 Å². The van der Waals surface area contributed by atoms with Gasteiger partial charge in [0.05, 0.1) is 0 Å². The van der Waals surface area contributed by atoms with Gasteiger partial charge in [-0.25, -0.2) is 0 Å². The minimum atomic E-state index is -1.11. The molecule has 7 heteroatoms. The van der Waals surface area contributed by atoms with Crippen molar-refractivity contribution in [2.45, 2.75) is 11.5 Å². The van der Waals surface area contributed by atoms with Crippen molar-refractivity contribution in [3.8, 4) is 0 Å². The molecule has 2 rings (SSSR count). The third kappa shape index (κ3) is 4.23. The Morgan fingerprint density at radius 3 is 1.45 bits per heavy atom. The van der Waals surface area contributed by atoms with Gasteiger partial charge in [-0.3, -0.25) is 20.2 Å². The van der Waals surface area contributed by atoms with Crippen molar-refractivity contribution >= 4 is 15.6 Å². The predicted molar refractivity (Wildman–Crippen MR) is 86.9 cm³/mol. The third-order valence-corrected chi connectivity index (χ3v) is 5.12. The summed E-state index contributed by atoms with van der Waals surface area (Å²) in [5.41, 5.74) is 1.70. The Balaban J connectivity index is 2.42. The van der Waals surface area contributed by atoms with Gasteiger partial charge in [-0.1, -0.05) is 60.7 Å². The fourth-order valence-corrected chi connectivity index (χ4v) is 3.98. The number of hydrogen-bond acceptors (Lipinski definition) is 4.